The molecule has 156 valence electrons. The number of rotatable bonds is 6. The van der Waals surface area contributed by atoms with E-state index in [-0.39, 0.29) is 17.3 Å². The average molecular weight is 408 g/mol. The van der Waals surface area contributed by atoms with Crippen LogP contribution in [0.15, 0.2) is 59.4 Å². The Kier molecular flexibility index (Phi) is 5.42. The molecule has 0 bridgehead atoms. The molecule has 2 aliphatic rings. The van der Waals surface area contributed by atoms with Gasteiger partial charge in [0.25, 0.3) is 0 Å². The van der Waals surface area contributed by atoms with Gasteiger partial charge in [0, 0.05) is 6.08 Å². The van der Waals surface area contributed by atoms with E-state index in [0.29, 0.717) is 18.5 Å². The summed E-state index contributed by atoms with van der Waals surface area (Å²) in [5.41, 5.74) is 7.09. The molecular formula is C23H26N3O4+. The zero-order chi connectivity index (χ0) is 21.3. The lowest BCUT2D eigenvalue weighted by Crippen LogP contribution is -2.46. The van der Waals surface area contributed by atoms with Gasteiger partial charge in [0.1, 0.15) is 0 Å². The number of hydrogen-bond acceptors (Lipinski definition) is 5. The van der Waals surface area contributed by atoms with Crippen LogP contribution in [0.3, 0.4) is 0 Å². The van der Waals surface area contributed by atoms with Crippen LogP contribution in [0.4, 0.5) is 5.69 Å². The monoisotopic (exact) mass is 408 g/mol. The van der Waals surface area contributed by atoms with Crippen molar-refractivity contribution >= 4 is 17.4 Å². The number of benzene rings is 2. The van der Waals surface area contributed by atoms with E-state index < -0.39 is 10.9 Å². The molecule has 7 heteroatoms. The minimum atomic E-state index is -1.60. The molecule has 1 fully saturated rings. The van der Waals surface area contributed by atoms with Crippen molar-refractivity contribution in [3.63, 3.8) is 0 Å². The number of carboxylic acid groups (broad SMARTS) is 1. The molecule has 2 aromatic rings. The third-order valence-electron chi connectivity index (χ3n) is 5.78. The van der Waals surface area contributed by atoms with Crippen LogP contribution in [0.25, 0.3) is 0 Å². The van der Waals surface area contributed by atoms with Gasteiger partial charge >= 0.3 is 11.8 Å². The number of carboxylic acids is 1. The van der Waals surface area contributed by atoms with Gasteiger partial charge < -0.3 is 5.11 Å². The number of nitrogens with zero attached hydrogens (tertiary/aromatic N) is 2. The van der Waals surface area contributed by atoms with E-state index in [9.17, 15) is 20.3 Å². The quantitative estimate of drug-likeness (QED) is 0.398. The highest BCUT2D eigenvalue weighted by Crippen LogP contribution is 2.41. The van der Waals surface area contributed by atoms with Crippen molar-refractivity contribution in [3.8, 4) is 0 Å². The molecular weight excluding hydrogens is 382 g/mol. The summed E-state index contributed by atoms with van der Waals surface area (Å²) >= 11 is 0. The number of aryl methyl sites for hydroxylation is 1. The Bertz CT molecular complexity index is 1020. The number of aromatic carboxylic acids is 1. The normalized spacial score (nSPS) is 17.0. The van der Waals surface area contributed by atoms with Crippen LogP contribution in [0.1, 0.15) is 65.1 Å². The van der Waals surface area contributed by atoms with Gasteiger partial charge in [0.15, 0.2) is 0 Å². The number of hydrogen-bond donors (Lipinski definition) is 4. The zero-order valence-electron chi connectivity index (χ0n) is 16.9. The molecule has 1 heterocycles. The molecule has 0 atom stereocenters. The van der Waals surface area contributed by atoms with Crippen LogP contribution >= 0.6 is 0 Å². The highest BCUT2D eigenvalue weighted by molar-refractivity contribution is 6.01. The molecule has 0 spiro atoms. The van der Waals surface area contributed by atoms with E-state index in [4.69, 9.17) is 0 Å². The van der Waals surface area contributed by atoms with Crippen LogP contribution < -0.4 is 5.43 Å². The van der Waals surface area contributed by atoms with Crippen LogP contribution in [0, 0.1) is 6.92 Å². The largest absolute Gasteiger partial charge is 0.478 e. The first kappa shape index (κ1) is 20.3. The fourth-order valence-electron chi connectivity index (χ4n) is 3.81. The summed E-state index contributed by atoms with van der Waals surface area (Å²) in [6, 6.07) is 12.6. The maximum atomic E-state index is 11.4. The third-order valence-corrected chi connectivity index (χ3v) is 5.78. The van der Waals surface area contributed by atoms with Crippen molar-refractivity contribution in [1.82, 2.24) is 0 Å². The van der Waals surface area contributed by atoms with E-state index in [1.54, 1.807) is 18.2 Å². The van der Waals surface area contributed by atoms with Crippen LogP contribution in [0.2, 0.25) is 0 Å². The van der Waals surface area contributed by atoms with Crippen molar-refractivity contribution < 1.29 is 25.2 Å². The predicted octanol–water partition coefficient (Wildman–Crippen LogP) is 5.01. The minimum Gasteiger partial charge on any atom is -0.478 e. The topological polar surface area (TPSA) is 102 Å². The Morgan fingerprint density at radius 3 is 2.50 bits per heavy atom. The second-order valence-corrected chi connectivity index (χ2v) is 7.97. The maximum absolute atomic E-state index is 11.4. The Labute approximate surface area is 175 Å². The van der Waals surface area contributed by atoms with Crippen molar-refractivity contribution in [2.24, 2.45) is 4.99 Å². The van der Waals surface area contributed by atoms with Crippen molar-refractivity contribution in [3.05, 3.63) is 76.6 Å². The number of allylic oxidation sites excluding steroid dienone is 1. The van der Waals surface area contributed by atoms with E-state index in [1.807, 2.05) is 31.2 Å². The Morgan fingerprint density at radius 1 is 1.13 bits per heavy atom. The molecule has 1 aliphatic carbocycles. The lowest BCUT2D eigenvalue weighted by atomic mass is 9.79. The molecule has 30 heavy (non-hydrogen) atoms. The van der Waals surface area contributed by atoms with Gasteiger partial charge in [-0.15, -0.1) is 10.4 Å². The smallest absolute Gasteiger partial charge is 0.335 e. The number of quaternary nitrogens is 1. The summed E-state index contributed by atoms with van der Waals surface area (Å²) in [4.78, 5) is 14.3. The standard InChI is InChI=1S/C23H25N3O4/c1-15-8-10-17(11-9-15)20-6-3-7-22(24-20)26(29,30)25-21-13-12-18(23(27)28)14-19(21)16-4-2-5-16/h7-14,16,25,29-30H,2-6H2,1H3/p+1. The van der Waals surface area contributed by atoms with Crippen molar-refractivity contribution in [2.75, 3.05) is 5.43 Å². The summed E-state index contributed by atoms with van der Waals surface area (Å²) < 4.78 is 0. The zero-order valence-corrected chi connectivity index (χ0v) is 16.9. The Balaban J connectivity index is 1.61. The maximum Gasteiger partial charge on any atom is 0.335 e. The van der Waals surface area contributed by atoms with E-state index >= 15 is 0 Å². The Morgan fingerprint density at radius 2 is 1.87 bits per heavy atom. The van der Waals surface area contributed by atoms with Gasteiger partial charge in [-0.25, -0.2) is 4.79 Å². The second kappa shape index (κ2) is 8.02. The summed E-state index contributed by atoms with van der Waals surface area (Å²) in [5.74, 6) is -0.712. The SMILES string of the molecule is Cc1ccc(C2=NC([N+](O)(O)Nc3ccc(C(=O)O)cc3C3CCC3)=CCC2)cc1. The molecule has 7 nitrogen and oxygen atoms in total. The van der Waals surface area contributed by atoms with Crippen molar-refractivity contribution in [2.45, 2.75) is 44.9 Å². The average Bonchev–Trinajstić information content (AvgIpc) is 2.68. The number of hydroxylamine groups is 2. The molecule has 1 aliphatic heterocycles. The molecule has 0 aromatic heterocycles. The first-order chi connectivity index (χ1) is 14.3. The van der Waals surface area contributed by atoms with Gasteiger partial charge in [0.05, 0.1) is 21.9 Å². The number of anilines is 1. The first-order valence-electron chi connectivity index (χ1n) is 10.2. The van der Waals surface area contributed by atoms with Gasteiger partial charge in [-0.05, 0) is 67.9 Å². The number of nitrogens with one attached hydrogen (secondary N) is 1. The lowest BCUT2D eigenvalue weighted by molar-refractivity contribution is -1.21. The summed E-state index contributed by atoms with van der Waals surface area (Å²) in [5, 5.41) is 30.8. The summed E-state index contributed by atoms with van der Waals surface area (Å²) in [6.45, 7) is 2.01. The molecule has 1 saturated carbocycles. The van der Waals surface area contributed by atoms with Gasteiger partial charge in [0.2, 0.25) is 0 Å². The Hall–Kier alpha value is -3.00. The van der Waals surface area contributed by atoms with Gasteiger partial charge in [-0.1, -0.05) is 36.2 Å². The minimum absolute atomic E-state index is 0.0821. The van der Waals surface area contributed by atoms with E-state index in [2.05, 4.69) is 10.4 Å². The molecule has 4 rings (SSSR count). The first-order valence-corrected chi connectivity index (χ1v) is 10.2. The van der Waals surface area contributed by atoms with Gasteiger partial charge in [-0.2, -0.15) is 10.4 Å². The van der Waals surface area contributed by atoms with Crippen LogP contribution in [0.5, 0.6) is 0 Å². The fraction of sp³-hybridized carbons (Fsp3) is 0.304. The molecule has 0 saturated heterocycles. The number of aliphatic imine (C=N–C) groups is 1. The third kappa shape index (κ3) is 4.14. The lowest BCUT2D eigenvalue weighted by Gasteiger charge is -2.30. The second-order valence-electron chi connectivity index (χ2n) is 7.97. The van der Waals surface area contributed by atoms with Crippen LogP contribution in [-0.4, -0.2) is 32.1 Å². The highest BCUT2D eigenvalue weighted by Gasteiger charge is 2.35. The van der Waals surface area contributed by atoms with Crippen LogP contribution in [-0.2, 0) is 0 Å². The molecule has 0 unspecified atom stereocenters. The van der Waals surface area contributed by atoms with Crippen molar-refractivity contribution in [1.29, 1.82) is 0 Å². The highest BCUT2D eigenvalue weighted by atomic mass is 16.9. The van der Waals surface area contributed by atoms with Gasteiger partial charge in [-0.3, -0.25) is 0 Å². The van der Waals surface area contributed by atoms with E-state index in [0.717, 1.165) is 41.7 Å². The molecule has 0 amide bonds. The summed E-state index contributed by atoms with van der Waals surface area (Å²) in [6.07, 6.45) is 6.03. The summed E-state index contributed by atoms with van der Waals surface area (Å²) in [7, 11) is 0. The molecule has 0 radical (unpaired) electrons. The predicted molar refractivity (Wildman–Crippen MR) is 112 cm³/mol. The fourth-order valence-corrected chi connectivity index (χ4v) is 3.81. The molecule has 4 N–H and O–H groups in total. The van der Waals surface area contributed by atoms with E-state index in [1.165, 1.54) is 6.07 Å². The number of carbonyl (C=O) groups is 1. The molecule has 2 aromatic carbocycles.